The molecule has 0 atom stereocenters. The minimum atomic E-state index is -0.138. The molecule has 0 bridgehead atoms. The van der Waals surface area contributed by atoms with Crippen LogP contribution in [0.5, 0.6) is 5.88 Å². The van der Waals surface area contributed by atoms with Crippen LogP contribution in [0.15, 0.2) is 103 Å². The normalized spacial score (nSPS) is 12.3. The topological polar surface area (TPSA) is 63.8 Å². The Hall–Kier alpha value is -4.60. The first-order valence-electron chi connectivity index (χ1n) is 17.3. The van der Waals surface area contributed by atoms with Gasteiger partial charge in [0.25, 0.3) is 0 Å². The van der Waals surface area contributed by atoms with Gasteiger partial charge in [0.05, 0.1) is 16.9 Å². The van der Waals surface area contributed by atoms with Gasteiger partial charge < -0.3 is 9.67 Å². The van der Waals surface area contributed by atoms with Crippen molar-refractivity contribution < 1.29 is 26.2 Å². The Labute approximate surface area is 316 Å². The van der Waals surface area contributed by atoms with Crippen LogP contribution >= 0.6 is 0 Å². The molecule has 7 aromatic rings. The molecule has 262 valence electrons. The molecule has 7 rings (SSSR count). The van der Waals surface area contributed by atoms with Crippen molar-refractivity contribution in [2.24, 2.45) is 0 Å². The van der Waals surface area contributed by atoms with Gasteiger partial charge in [-0.2, -0.15) is 0 Å². The van der Waals surface area contributed by atoms with E-state index in [1.54, 1.807) is 6.20 Å². The number of hydrogen-bond donors (Lipinski definition) is 1. The third kappa shape index (κ3) is 6.89. The SMILES string of the molecule is CC(C)(C)c1ccc(-n2c(-c3[c-]c(-c4cc(C(C)(C)C)cc5cccnc45)ccc3)nc3c(-c4cc(C(C)(C)C)cnc4O)cccc32)cc1.[Pt]. The fourth-order valence-electron chi connectivity index (χ4n) is 6.52. The number of hydrogen-bond acceptors (Lipinski definition) is 4. The third-order valence-electron chi connectivity index (χ3n) is 9.60. The monoisotopic (exact) mass is 852 g/mol. The van der Waals surface area contributed by atoms with E-state index in [-0.39, 0.29) is 43.2 Å². The standard InChI is InChI=1S/C45H45N4O.Pt/c1-43(2,3)31-18-20-34(21-19-31)49-38-17-11-16-35(37-26-33(45(7,8)9)27-47-42(37)50)40(38)48-41(49)30-14-10-13-28(23-30)36-25-32(44(4,5)6)24-29-15-12-22-46-39(29)36;/h10-22,24-27H,1-9H3,(H,47,50);/q-1;. The molecule has 0 unspecified atom stereocenters. The van der Waals surface area contributed by atoms with Crippen molar-refractivity contribution in [3.05, 3.63) is 126 Å². The van der Waals surface area contributed by atoms with Gasteiger partial charge in [-0.05, 0) is 68.7 Å². The number of benzene rings is 4. The van der Waals surface area contributed by atoms with Crippen LogP contribution in [-0.2, 0) is 37.3 Å². The Morgan fingerprint density at radius 2 is 1.24 bits per heavy atom. The molecule has 4 aromatic carbocycles. The second kappa shape index (κ2) is 13.2. The number of rotatable bonds is 4. The summed E-state index contributed by atoms with van der Waals surface area (Å²) in [5.41, 5.74) is 11.4. The number of pyridine rings is 2. The Bertz CT molecular complexity index is 2390. The number of aromatic nitrogens is 4. The van der Waals surface area contributed by atoms with Gasteiger partial charge in [0, 0.05) is 55.8 Å². The van der Waals surface area contributed by atoms with Crippen LogP contribution in [0.4, 0.5) is 0 Å². The van der Waals surface area contributed by atoms with Gasteiger partial charge in [0.1, 0.15) is 0 Å². The molecule has 0 saturated carbocycles. The zero-order valence-electron chi connectivity index (χ0n) is 30.9. The molecule has 0 fully saturated rings. The maximum atomic E-state index is 11.1. The van der Waals surface area contributed by atoms with Crippen LogP contribution in [0.25, 0.3) is 61.3 Å². The second-order valence-electron chi connectivity index (χ2n) is 16.4. The van der Waals surface area contributed by atoms with Crippen molar-refractivity contribution >= 4 is 21.9 Å². The van der Waals surface area contributed by atoms with Crippen molar-refractivity contribution in [3.8, 4) is 45.2 Å². The molecule has 3 heterocycles. The minimum absolute atomic E-state index is 0. The smallest absolute Gasteiger partial charge is 0.218 e. The van der Waals surface area contributed by atoms with Crippen LogP contribution in [0.1, 0.15) is 79.0 Å². The first-order chi connectivity index (χ1) is 23.6. The van der Waals surface area contributed by atoms with E-state index in [0.29, 0.717) is 5.56 Å². The number of nitrogens with zero attached hydrogens (tertiary/aromatic N) is 4. The summed E-state index contributed by atoms with van der Waals surface area (Å²) in [6.07, 6.45) is 3.61. The molecule has 6 heteroatoms. The summed E-state index contributed by atoms with van der Waals surface area (Å²) in [5.74, 6) is 0.754. The van der Waals surface area contributed by atoms with Gasteiger partial charge in [-0.15, -0.1) is 29.8 Å². The van der Waals surface area contributed by atoms with E-state index in [9.17, 15) is 5.11 Å². The third-order valence-corrected chi connectivity index (χ3v) is 9.60. The molecule has 0 radical (unpaired) electrons. The maximum Gasteiger partial charge on any atom is 0.218 e. The quantitative estimate of drug-likeness (QED) is 0.179. The Balaban J connectivity index is 0.00000448. The molecule has 0 aliphatic heterocycles. The van der Waals surface area contributed by atoms with E-state index < -0.39 is 0 Å². The van der Waals surface area contributed by atoms with Crippen molar-refractivity contribution in [3.63, 3.8) is 0 Å². The fourth-order valence-corrected chi connectivity index (χ4v) is 6.52. The van der Waals surface area contributed by atoms with Crippen molar-refractivity contribution in [1.82, 2.24) is 19.5 Å². The zero-order chi connectivity index (χ0) is 35.6. The predicted octanol–water partition coefficient (Wildman–Crippen LogP) is 11.4. The predicted molar refractivity (Wildman–Crippen MR) is 207 cm³/mol. The number of fused-ring (bicyclic) bond motifs is 2. The maximum absolute atomic E-state index is 11.1. The fraction of sp³-hybridized carbons (Fsp3) is 0.267. The van der Waals surface area contributed by atoms with Gasteiger partial charge >= 0.3 is 0 Å². The molecule has 0 aliphatic carbocycles. The van der Waals surface area contributed by atoms with Crippen LogP contribution in [0, 0.1) is 6.07 Å². The summed E-state index contributed by atoms with van der Waals surface area (Å²) in [7, 11) is 0. The van der Waals surface area contributed by atoms with E-state index in [1.807, 2.05) is 30.5 Å². The van der Waals surface area contributed by atoms with Gasteiger partial charge in [0.2, 0.25) is 5.88 Å². The largest absolute Gasteiger partial charge is 0.493 e. The molecule has 0 aliphatic rings. The zero-order valence-corrected chi connectivity index (χ0v) is 33.1. The average molecular weight is 853 g/mol. The summed E-state index contributed by atoms with van der Waals surface area (Å²) in [4.78, 5) is 14.6. The molecular weight excluding hydrogens is 808 g/mol. The van der Waals surface area contributed by atoms with Crippen molar-refractivity contribution in [2.45, 2.75) is 78.6 Å². The summed E-state index contributed by atoms with van der Waals surface area (Å²) >= 11 is 0. The van der Waals surface area contributed by atoms with Crippen LogP contribution in [0.3, 0.4) is 0 Å². The van der Waals surface area contributed by atoms with Gasteiger partial charge in [-0.3, -0.25) is 9.97 Å². The summed E-state index contributed by atoms with van der Waals surface area (Å²) in [6, 6.07) is 35.6. The molecule has 0 amide bonds. The molecular formula is C45H45N4OPt-. The van der Waals surface area contributed by atoms with Crippen LogP contribution in [-0.4, -0.2) is 24.6 Å². The van der Waals surface area contributed by atoms with E-state index >= 15 is 0 Å². The van der Waals surface area contributed by atoms with Gasteiger partial charge in [-0.25, -0.2) is 4.98 Å². The van der Waals surface area contributed by atoms with E-state index in [0.717, 1.165) is 61.3 Å². The van der Waals surface area contributed by atoms with E-state index in [4.69, 9.17) is 9.97 Å². The second-order valence-corrected chi connectivity index (χ2v) is 16.4. The molecule has 1 N–H and O–H groups in total. The van der Waals surface area contributed by atoms with Crippen LogP contribution < -0.4 is 0 Å². The van der Waals surface area contributed by atoms with Crippen LogP contribution in [0.2, 0.25) is 0 Å². The van der Waals surface area contributed by atoms with E-state index in [1.165, 1.54) is 11.1 Å². The summed E-state index contributed by atoms with van der Waals surface area (Å²) in [6.45, 7) is 19.9. The van der Waals surface area contributed by atoms with Gasteiger partial charge in [0.15, 0.2) is 0 Å². The molecule has 0 saturated heterocycles. The minimum Gasteiger partial charge on any atom is -0.493 e. The van der Waals surface area contributed by atoms with E-state index in [2.05, 4.69) is 145 Å². The number of para-hydroxylation sites is 1. The van der Waals surface area contributed by atoms with Crippen molar-refractivity contribution in [2.75, 3.05) is 0 Å². The molecule has 51 heavy (non-hydrogen) atoms. The average Bonchev–Trinajstić information content (AvgIpc) is 3.47. The first-order valence-corrected chi connectivity index (χ1v) is 17.3. The summed E-state index contributed by atoms with van der Waals surface area (Å²) in [5, 5.41) is 12.2. The molecule has 5 nitrogen and oxygen atoms in total. The Morgan fingerprint density at radius 1 is 0.588 bits per heavy atom. The number of imidazole rings is 1. The Morgan fingerprint density at radius 3 is 1.92 bits per heavy atom. The molecule has 0 spiro atoms. The molecule has 3 aromatic heterocycles. The summed E-state index contributed by atoms with van der Waals surface area (Å²) < 4.78 is 2.21. The Kier molecular flexibility index (Phi) is 9.36. The number of aromatic hydroxyl groups is 1. The van der Waals surface area contributed by atoms with Crippen molar-refractivity contribution in [1.29, 1.82) is 0 Å². The first kappa shape index (κ1) is 36.2. The van der Waals surface area contributed by atoms with Gasteiger partial charge in [-0.1, -0.05) is 116 Å².